The van der Waals surface area contributed by atoms with E-state index < -0.39 is 5.97 Å². The van der Waals surface area contributed by atoms with Gasteiger partial charge in [0.2, 0.25) is 0 Å². The number of benzene rings is 1. The van der Waals surface area contributed by atoms with Crippen molar-refractivity contribution in [2.75, 3.05) is 0 Å². The Kier molecular flexibility index (Phi) is 9.73. The minimum atomic E-state index is -1.23. The van der Waals surface area contributed by atoms with Gasteiger partial charge in [0.1, 0.15) is 11.3 Å². The van der Waals surface area contributed by atoms with E-state index in [9.17, 15) is 9.90 Å². The van der Waals surface area contributed by atoms with Crippen LogP contribution in [0.4, 0.5) is 0 Å². The molecule has 0 amide bonds. The van der Waals surface area contributed by atoms with Gasteiger partial charge in [-0.2, -0.15) is 5.26 Å². The van der Waals surface area contributed by atoms with E-state index in [-0.39, 0.29) is 11.3 Å². The Hall–Kier alpha value is -2.87. The molecule has 1 aromatic heterocycles. The molecule has 0 spiro atoms. The number of hydrogen-bond acceptors (Lipinski definition) is 4. The number of aryl methyl sites for hydroxylation is 1. The SMILES string of the molecule is CCCCCCC(C)C.Cc1ccc(-c2cc(C(=O)O)c(O)cn2)cc1C#N. The summed E-state index contributed by atoms with van der Waals surface area (Å²) in [6, 6.07) is 8.50. The third kappa shape index (κ3) is 7.40. The Labute approximate surface area is 167 Å². The van der Waals surface area contributed by atoms with Crippen molar-refractivity contribution in [1.82, 2.24) is 4.98 Å². The molecule has 28 heavy (non-hydrogen) atoms. The molecule has 0 aliphatic rings. The molecule has 1 heterocycles. The van der Waals surface area contributed by atoms with Crippen molar-refractivity contribution in [3.63, 3.8) is 0 Å². The van der Waals surface area contributed by atoms with Gasteiger partial charge < -0.3 is 10.2 Å². The monoisotopic (exact) mass is 382 g/mol. The van der Waals surface area contributed by atoms with Gasteiger partial charge in [-0.3, -0.25) is 4.98 Å². The number of aromatic nitrogens is 1. The van der Waals surface area contributed by atoms with Crippen molar-refractivity contribution in [2.24, 2.45) is 5.92 Å². The first-order chi connectivity index (χ1) is 13.3. The smallest absolute Gasteiger partial charge is 0.339 e. The summed E-state index contributed by atoms with van der Waals surface area (Å²) in [5.41, 5.74) is 2.15. The molecule has 2 aromatic rings. The van der Waals surface area contributed by atoms with Crippen molar-refractivity contribution >= 4 is 5.97 Å². The molecule has 2 rings (SSSR count). The van der Waals surface area contributed by atoms with E-state index in [0.29, 0.717) is 16.8 Å². The molecule has 2 N–H and O–H groups in total. The lowest BCUT2D eigenvalue weighted by Gasteiger charge is -2.05. The summed E-state index contributed by atoms with van der Waals surface area (Å²) in [6.45, 7) is 8.67. The van der Waals surface area contributed by atoms with E-state index >= 15 is 0 Å². The zero-order valence-electron chi connectivity index (χ0n) is 17.2. The van der Waals surface area contributed by atoms with Gasteiger partial charge in [-0.1, -0.05) is 65.0 Å². The molecule has 0 radical (unpaired) electrons. The average Bonchev–Trinajstić information content (AvgIpc) is 2.66. The van der Waals surface area contributed by atoms with E-state index in [1.54, 1.807) is 18.2 Å². The number of carboxylic acid groups (broad SMARTS) is 1. The van der Waals surface area contributed by atoms with E-state index in [1.165, 1.54) is 38.2 Å². The zero-order valence-corrected chi connectivity index (χ0v) is 17.2. The number of rotatable bonds is 7. The molecule has 1 aromatic carbocycles. The van der Waals surface area contributed by atoms with Crippen LogP contribution < -0.4 is 0 Å². The van der Waals surface area contributed by atoms with Gasteiger partial charge in [0.05, 0.1) is 23.5 Å². The van der Waals surface area contributed by atoms with Crippen LogP contribution >= 0.6 is 0 Å². The van der Waals surface area contributed by atoms with Crippen LogP contribution in [0.15, 0.2) is 30.5 Å². The van der Waals surface area contributed by atoms with Gasteiger partial charge in [-0.15, -0.1) is 0 Å². The fraction of sp³-hybridized carbons (Fsp3) is 0.435. The van der Waals surface area contributed by atoms with E-state index in [1.807, 2.05) is 6.92 Å². The van der Waals surface area contributed by atoms with Crippen molar-refractivity contribution in [1.29, 1.82) is 5.26 Å². The molecular formula is C23H30N2O3. The van der Waals surface area contributed by atoms with Gasteiger partial charge in [-0.25, -0.2) is 4.79 Å². The molecule has 150 valence electrons. The predicted octanol–water partition coefficient (Wildman–Crippen LogP) is 5.95. The summed E-state index contributed by atoms with van der Waals surface area (Å²) in [4.78, 5) is 14.9. The molecule has 0 atom stereocenters. The second kappa shape index (κ2) is 11.8. The van der Waals surface area contributed by atoms with Crippen LogP contribution in [0.1, 0.15) is 74.4 Å². The van der Waals surface area contributed by atoms with Gasteiger partial charge in [-0.05, 0) is 30.5 Å². The normalized spacial score (nSPS) is 10.1. The summed E-state index contributed by atoms with van der Waals surface area (Å²) >= 11 is 0. The van der Waals surface area contributed by atoms with Crippen LogP contribution in [0.5, 0.6) is 5.75 Å². The zero-order chi connectivity index (χ0) is 21.1. The minimum Gasteiger partial charge on any atom is -0.505 e. The lowest BCUT2D eigenvalue weighted by atomic mass is 10.0. The van der Waals surface area contributed by atoms with Crippen LogP contribution in [0, 0.1) is 24.2 Å². The van der Waals surface area contributed by atoms with E-state index in [2.05, 4.69) is 31.8 Å². The number of aromatic carboxylic acids is 1. The van der Waals surface area contributed by atoms with Gasteiger partial charge in [0.25, 0.3) is 0 Å². The molecule has 0 unspecified atom stereocenters. The Morgan fingerprint density at radius 1 is 1.21 bits per heavy atom. The Bertz CT molecular complexity index is 823. The topological polar surface area (TPSA) is 94.2 Å². The Balaban J connectivity index is 0.000000370. The second-order valence-corrected chi connectivity index (χ2v) is 7.28. The number of carboxylic acids is 1. The van der Waals surface area contributed by atoms with Gasteiger partial charge >= 0.3 is 5.97 Å². The van der Waals surface area contributed by atoms with Crippen molar-refractivity contribution < 1.29 is 15.0 Å². The number of aromatic hydroxyl groups is 1. The fourth-order valence-corrected chi connectivity index (χ4v) is 2.66. The third-order valence-electron chi connectivity index (χ3n) is 4.40. The number of pyridine rings is 1. The van der Waals surface area contributed by atoms with Crippen LogP contribution in [-0.4, -0.2) is 21.2 Å². The van der Waals surface area contributed by atoms with Gasteiger partial charge in [0.15, 0.2) is 0 Å². The van der Waals surface area contributed by atoms with Crippen LogP contribution in [0.2, 0.25) is 0 Å². The lowest BCUT2D eigenvalue weighted by Crippen LogP contribution is -1.98. The van der Waals surface area contributed by atoms with Crippen LogP contribution in [0.3, 0.4) is 0 Å². The third-order valence-corrected chi connectivity index (χ3v) is 4.40. The largest absolute Gasteiger partial charge is 0.505 e. The lowest BCUT2D eigenvalue weighted by molar-refractivity contribution is 0.0693. The molecule has 0 aliphatic heterocycles. The predicted molar refractivity (Wildman–Crippen MR) is 111 cm³/mol. The standard InChI is InChI=1S/C14H10N2O3.C9H20/c1-8-2-3-9(4-10(8)6-15)12-5-11(14(18)19)13(17)7-16-12;1-4-5-6-7-8-9(2)3/h2-5,7,17H,1H3,(H,18,19);9H,4-8H2,1-3H3. The van der Waals surface area contributed by atoms with E-state index in [0.717, 1.165) is 17.7 Å². The fourth-order valence-electron chi connectivity index (χ4n) is 2.66. The molecular weight excluding hydrogens is 352 g/mol. The number of unbranched alkanes of at least 4 members (excludes halogenated alkanes) is 3. The van der Waals surface area contributed by atoms with Crippen LogP contribution in [-0.2, 0) is 0 Å². The maximum Gasteiger partial charge on any atom is 0.339 e. The summed E-state index contributed by atoms with van der Waals surface area (Å²) in [5.74, 6) is -0.709. The highest BCUT2D eigenvalue weighted by atomic mass is 16.4. The molecule has 5 nitrogen and oxygen atoms in total. The number of nitrogens with zero attached hydrogens (tertiary/aromatic N) is 2. The second-order valence-electron chi connectivity index (χ2n) is 7.28. The molecule has 0 aliphatic carbocycles. The highest BCUT2D eigenvalue weighted by Gasteiger charge is 2.12. The number of carbonyl (C=O) groups is 1. The highest BCUT2D eigenvalue weighted by Crippen LogP contribution is 2.25. The summed E-state index contributed by atoms with van der Waals surface area (Å²) in [6.07, 6.45) is 8.16. The maximum absolute atomic E-state index is 10.9. The molecule has 0 fully saturated rings. The Morgan fingerprint density at radius 2 is 1.93 bits per heavy atom. The molecule has 0 saturated carbocycles. The van der Waals surface area contributed by atoms with E-state index in [4.69, 9.17) is 10.4 Å². The Morgan fingerprint density at radius 3 is 2.50 bits per heavy atom. The molecule has 0 saturated heterocycles. The summed E-state index contributed by atoms with van der Waals surface area (Å²) in [7, 11) is 0. The van der Waals surface area contributed by atoms with Crippen molar-refractivity contribution in [3.05, 3.63) is 47.2 Å². The summed E-state index contributed by atoms with van der Waals surface area (Å²) in [5, 5.41) is 27.3. The minimum absolute atomic E-state index is 0.218. The van der Waals surface area contributed by atoms with Crippen LogP contribution in [0.25, 0.3) is 11.3 Å². The van der Waals surface area contributed by atoms with Crippen molar-refractivity contribution in [3.8, 4) is 23.1 Å². The summed E-state index contributed by atoms with van der Waals surface area (Å²) < 4.78 is 0. The number of hydrogen-bond donors (Lipinski definition) is 2. The maximum atomic E-state index is 10.9. The first kappa shape index (κ1) is 23.2. The number of nitriles is 1. The molecule has 5 heteroatoms. The average molecular weight is 383 g/mol. The first-order valence-corrected chi connectivity index (χ1v) is 9.73. The van der Waals surface area contributed by atoms with Crippen molar-refractivity contribution in [2.45, 2.75) is 59.8 Å². The highest BCUT2D eigenvalue weighted by molar-refractivity contribution is 5.91. The first-order valence-electron chi connectivity index (χ1n) is 9.73. The molecule has 0 bridgehead atoms. The van der Waals surface area contributed by atoms with Gasteiger partial charge in [0, 0.05) is 5.56 Å². The quantitative estimate of drug-likeness (QED) is 0.577.